The van der Waals surface area contributed by atoms with Gasteiger partial charge in [0.25, 0.3) is 0 Å². The van der Waals surface area contributed by atoms with Gasteiger partial charge in [-0.3, -0.25) is 4.79 Å². The van der Waals surface area contributed by atoms with Crippen LogP contribution in [0, 0.1) is 6.92 Å². The van der Waals surface area contributed by atoms with E-state index in [9.17, 15) is 9.90 Å². The summed E-state index contributed by atoms with van der Waals surface area (Å²) in [5.74, 6) is -0.315. The lowest BCUT2D eigenvalue weighted by molar-refractivity contribution is -0.141. The molecule has 1 atom stereocenters. The van der Waals surface area contributed by atoms with Gasteiger partial charge in [-0.1, -0.05) is 121 Å². The van der Waals surface area contributed by atoms with E-state index < -0.39 is 6.10 Å². The fourth-order valence-corrected chi connectivity index (χ4v) is 4.90. The SMILES string of the molecule is Cc1c(CC(=O)OC/C=C/c2ccccc2)n(C(=C\C(O)c2ccccc2)/C=C/c2ccccc2)c2ccccc12. The molecule has 0 amide bonds. The average Bonchev–Trinajstić information content (AvgIpc) is 3.29. The molecule has 0 aliphatic carbocycles. The molecule has 5 rings (SSSR count). The number of allylic oxidation sites excluding steroid dienone is 2. The molecule has 5 aromatic rings. The topological polar surface area (TPSA) is 51.5 Å². The van der Waals surface area contributed by atoms with Crippen LogP contribution in [-0.2, 0) is 16.0 Å². The molecule has 4 heteroatoms. The lowest BCUT2D eigenvalue weighted by Crippen LogP contribution is -2.13. The Bertz CT molecular complexity index is 1680. The molecule has 1 unspecified atom stereocenters. The number of hydrogen-bond acceptors (Lipinski definition) is 3. The molecule has 1 N–H and O–H groups in total. The smallest absolute Gasteiger partial charge is 0.312 e. The molecule has 0 saturated heterocycles. The highest BCUT2D eigenvalue weighted by molar-refractivity contribution is 5.91. The van der Waals surface area contributed by atoms with Crippen molar-refractivity contribution in [2.24, 2.45) is 0 Å². The molecule has 4 nitrogen and oxygen atoms in total. The van der Waals surface area contributed by atoms with Crippen molar-refractivity contribution in [3.8, 4) is 0 Å². The van der Waals surface area contributed by atoms with Crippen LogP contribution in [0.4, 0.5) is 0 Å². The van der Waals surface area contributed by atoms with Crippen LogP contribution in [0.5, 0.6) is 0 Å². The van der Waals surface area contributed by atoms with Gasteiger partial charge in [0, 0.05) is 16.8 Å². The Balaban J connectivity index is 1.50. The first-order chi connectivity index (χ1) is 20.1. The molecule has 41 heavy (non-hydrogen) atoms. The number of ether oxygens (including phenoxy) is 1. The third-order valence-corrected chi connectivity index (χ3v) is 6.99. The monoisotopic (exact) mass is 539 g/mol. The summed E-state index contributed by atoms with van der Waals surface area (Å²) in [6.45, 7) is 2.22. The molecule has 0 aliphatic rings. The highest BCUT2D eigenvalue weighted by Gasteiger charge is 2.20. The quantitative estimate of drug-likeness (QED) is 0.144. The predicted molar refractivity (Wildman–Crippen MR) is 168 cm³/mol. The van der Waals surface area contributed by atoms with E-state index in [-0.39, 0.29) is 19.0 Å². The number of esters is 1. The number of aliphatic hydroxyl groups is 1. The van der Waals surface area contributed by atoms with Crippen molar-refractivity contribution in [3.05, 3.63) is 161 Å². The van der Waals surface area contributed by atoms with Gasteiger partial charge in [-0.15, -0.1) is 0 Å². The van der Waals surface area contributed by atoms with E-state index in [2.05, 4.69) is 10.6 Å². The molecule has 1 heterocycles. The molecule has 204 valence electrons. The fourth-order valence-electron chi connectivity index (χ4n) is 4.90. The first-order valence-electron chi connectivity index (χ1n) is 13.7. The van der Waals surface area contributed by atoms with Gasteiger partial charge in [0.05, 0.1) is 18.0 Å². The second kappa shape index (κ2) is 13.4. The molecule has 0 radical (unpaired) electrons. The molecular formula is C37H33NO3. The highest BCUT2D eigenvalue weighted by Crippen LogP contribution is 2.31. The molecule has 0 spiro atoms. The Hall–Kier alpha value is -4.93. The third kappa shape index (κ3) is 6.99. The summed E-state index contributed by atoms with van der Waals surface area (Å²) in [4.78, 5) is 13.1. The fraction of sp³-hybridized carbons (Fsp3) is 0.108. The van der Waals surface area contributed by atoms with Crippen molar-refractivity contribution in [2.75, 3.05) is 6.61 Å². The van der Waals surface area contributed by atoms with E-state index in [1.54, 1.807) is 0 Å². The number of nitrogens with zero attached hydrogens (tertiary/aromatic N) is 1. The van der Waals surface area contributed by atoms with E-state index in [0.717, 1.165) is 44.5 Å². The number of carbonyl (C=O) groups excluding carboxylic acids is 1. The third-order valence-electron chi connectivity index (χ3n) is 6.99. The van der Waals surface area contributed by atoms with Gasteiger partial charge < -0.3 is 14.4 Å². The van der Waals surface area contributed by atoms with E-state index in [4.69, 9.17) is 4.74 Å². The molecular weight excluding hydrogens is 506 g/mol. The summed E-state index contributed by atoms with van der Waals surface area (Å²) in [5, 5.41) is 12.3. The van der Waals surface area contributed by atoms with Crippen molar-refractivity contribution in [1.29, 1.82) is 0 Å². The van der Waals surface area contributed by atoms with Crippen molar-refractivity contribution in [1.82, 2.24) is 4.57 Å². The molecule has 0 saturated carbocycles. The van der Waals surface area contributed by atoms with E-state index in [1.165, 1.54) is 0 Å². The normalized spacial score (nSPS) is 12.8. The van der Waals surface area contributed by atoms with Crippen molar-refractivity contribution >= 4 is 34.7 Å². The van der Waals surface area contributed by atoms with Gasteiger partial charge in [-0.25, -0.2) is 0 Å². The van der Waals surface area contributed by atoms with E-state index >= 15 is 0 Å². The minimum Gasteiger partial charge on any atom is -0.461 e. The number of aryl methyl sites for hydroxylation is 1. The van der Waals surface area contributed by atoms with Gasteiger partial charge in [-0.2, -0.15) is 0 Å². The second-order valence-corrected chi connectivity index (χ2v) is 9.79. The van der Waals surface area contributed by atoms with Crippen LogP contribution in [0.25, 0.3) is 28.8 Å². The zero-order valence-corrected chi connectivity index (χ0v) is 23.1. The van der Waals surface area contributed by atoms with Gasteiger partial charge in [0.2, 0.25) is 0 Å². The average molecular weight is 540 g/mol. The largest absolute Gasteiger partial charge is 0.461 e. The Kier molecular flexibility index (Phi) is 9.05. The number of hydrogen-bond donors (Lipinski definition) is 1. The van der Waals surface area contributed by atoms with Crippen molar-refractivity contribution in [3.63, 3.8) is 0 Å². The summed E-state index contributed by atoms with van der Waals surface area (Å²) >= 11 is 0. The van der Waals surface area contributed by atoms with Crippen LogP contribution in [0.2, 0.25) is 0 Å². The Labute approximate surface area is 241 Å². The van der Waals surface area contributed by atoms with Crippen LogP contribution >= 0.6 is 0 Å². The van der Waals surface area contributed by atoms with Crippen LogP contribution in [0.3, 0.4) is 0 Å². The van der Waals surface area contributed by atoms with Gasteiger partial charge >= 0.3 is 5.97 Å². The Morgan fingerprint density at radius 3 is 2.07 bits per heavy atom. The lowest BCUT2D eigenvalue weighted by atomic mass is 10.1. The number of fused-ring (bicyclic) bond motifs is 1. The molecule has 1 aromatic heterocycles. The highest BCUT2D eigenvalue weighted by atomic mass is 16.5. The first kappa shape index (κ1) is 27.6. The maximum absolute atomic E-state index is 13.1. The zero-order valence-electron chi connectivity index (χ0n) is 23.1. The number of para-hydroxylation sites is 1. The first-order valence-corrected chi connectivity index (χ1v) is 13.7. The molecule has 0 fully saturated rings. The van der Waals surface area contributed by atoms with E-state index in [1.807, 2.05) is 146 Å². The summed E-state index contributed by atoms with van der Waals surface area (Å²) in [6, 6.07) is 37.6. The summed E-state index contributed by atoms with van der Waals surface area (Å²) in [5.41, 5.74) is 6.43. The molecule has 0 aliphatic heterocycles. The minimum atomic E-state index is -0.837. The standard InChI is InChI=1S/C37H33NO3/c1-28-33-21-11-12-22-34(33)38(35(28)27-37(40)41-25-13-18-29-14-5-2-6-15-29)32(24-23-30-16-7-3-8-17-30)26-36(39)31-19-9-4-10-20-31/h2-24,26,36,39H,25,27H2,1H3/b18-13+,24-23+,32-26-. The predicted octanol–water partition coefficient (Wildman–Crippen LogP) is 8.04. The van der Waals surface area contributed by atoms with Crippen LogP contribution < -0.4 is 0 Å². The van der Waals surface area contributed by atoms with Crippen LogP contribution in [-0.4, -0.2) is 22.2 Å². The van der Waals surface area contributed by atoms with Crippen molar-refractivity contribution in [2.45, 2.75) is 19.4 Å². The summed E-state index contributed by atoms with van der Waals surface area (Å²) in [7, 11) is 0. The number of aromatic nitrogens is 1. The van der Waals surface area contributed by atoms with Crippen LogP contribution in [0.15, 0.2) is 133 Å². The maximum Gasteiger partial charge on any atom is 0.312 e. The number of carbonyl (C=O) groups is 1. The minimum absolute atomic E-state index is 0.0949. The number of rotatable bonds is 10. The molecule has 0 bridgehead atoms. The summed E-state index contributed by atoms with van der Waals surface area (Å²) in [6.07, 6.45) is 8.89. The van der Waals surface area contributed by atoms with E-state index in [0.29, 0.717) is 0 Å². The van der Waals surface area contributed by atoms with Gasteiger partial charge in [-0.05, 0) is 53.5 Å². The number of benzene rings is 4. The van der Waals surface area contributed by atoms with Crippen LogP contribution in [0.1, 0.15) is 34.1 Å². The Morgan fingerprint density at radius 1 is 0.805 bits per heavy atom. The Morgan fingerprint density at radius 2 is 1.39 bits per heavy atom. The summed E-state index contributed by atoms with van der Waals surface area (Å²) < 4.78 is 7.67. The second-order valence-electron chi connectivity index (χ2n) is 9.79. The van der Waals surface area contributed by atoms with Gasteiger partial charge in [0.1, 0.15) is 6.61 Å². The lowest BCUT2D eigenvalue weighted by Gasteiger charge is -2.15. The van der Waals surface area contributed by atoms with Gasteiger partial charge in [0.15, 0.2) is 0 Å². The zero-order chi connectivity index (χ0) is 28.4. The number of aliphatic hydroxyl groups excluding tert-OH is 1. The van der Waals surface area contributed by atoms with Crippen molar-refractivity contribution < 1.29 is 14.6 Å². The maximum atomic E-state index is 13.1. The molecule has 4 aromatic carbocycles.